The van der Waals surface area contributed by atoms with E-state index >= 15 is 0 Å². The van der Waals surface area contributed by atoms with Crippen LogP contribution in [0.25, 0.3) is 0 Å². The van der Waals surface area contributed by atoms with E-state index in [9.17, 15) is 0 Å². The molecule has 0 saturated carbocycles. The van der Waals surface area contributed by atoms with Crippen LogP contribution in [0.15, 0.2) is 0 Å². The highest BCUT2D eigenvalue weighted by molar-refractivity contribution is 9.09. The lowest BCUT2D eigenvalue weighted by Crippen LogP contribution is -2.40. The van der Waals surface area contributed by atoms with Gasteiger partial charge in [-0.25, -0.2) is 0 Å². The molecule has 2 rings (SSSR count). The first-order valence-electron chi connectivity index (χ1n) is 5.66. The number of ether oxygens (including phenoxy) is 2. The van der Waals surface area contributed by atoms with E-state index in [0.717, 1.165) is 31.0 Å². The van der Waals surface area contributed by atoms with Crippen molar-refractivity contribution in [3.8, 4) is 0 Å². The molecule has 14 heavy (non-hydrogen) atoms. The number of alkyl halides is 1. The van der Waals surface area contributed by atoms with Crippen LogP contribution >= 0.6 is 15.9 Å². The highest BCUT2D eigenvalue weighted by atomic mass is 79.9. The van der Waals surface area contributed by atoms with Gasteiger partial charge >= 0.3 is 0 Å². The van der Waals surface area contributed by atoms with Gasteiger partial charge in [0, 0.05) is 18.2 Å². The molecular formula is C11H19BrO2. The van der Waals surface area contributed by atoms with Crippen LogP contribution < -0.4 is 0 Å². The van der Waals surface area contributed by atoms with Gasteiger partial charge in [-0.05, 0) is 32.6 Å². The van der Waals surface area contributed by atoms with Crippen molar-refractivity contribution in [1.29, 1.82) is 0 Å². The summed E-state index contributed by atoms with van der Waals surface area (Å²) in [4.78, 5) is 0. The van der Waals surface area contributed by atoms with Gasteiger partial charge in [0.15, 0.2) is 5.79 Å². The van der Waals surface area contributed by atoms with E-state index in [1.165, 1.54) is 12.8 Å². The van der Waals surface area contributed by atoms with Gasteiger partial charge in [0.05, 0.1) is 12.2 Å². The Bertz CT molecular complexity index is 192. The standard InChI is InChI=1S/C11H19BrO2/c1-9-4-7-11(13-9)6-2-3-10(14-11)5-8-12/h9-10H,2-8H2,1H3/t9-,10+,11?/m1/s1. The zero-order chi connectivity index (χ0) is 10.0. The van der Waals surface area contributed by atoms with E-state index in [0.29, 0.717) is 12.2 Å². The van der Waals surface area contributed by atoms with E-state index in [4.69, 9.17) is 9.47 Å². The van der Waals surface area contributed by atoms with Crippen LogP contribution in [0.3, 0.4) is 0 Å². The molecule has 1 unspecified atom stereocenters. The molecule has 2 heterocycles. The first-order chi connectivity index (χ1) is 6.74. The minimum atomic E-state index is -0.204. The van der Waals surface area contributed by atoms with Crippen LogP contribution in [0.1, 0.15) is 45.4 Å². The van der Waals surface area contributed by atoms with Crippen molar-refractivity contribution in [2.24, 2.45) is 0 Å². The Morgan fingerprint density at radius 3 is 2.79 bits per heavy atom. The third-order valence-corrected chi connectivity index (χ3v) is 3.70. The molecule has 3 heteroatoms. The molecule has 1 spiro atoms. The first kappa shape index (κ1) is 10.9. The predicted octanol–water partition coefficient (Wildman–Crippen LogP) is 3.24. The number of hydrogen-bond donors (Lipinski definition) is 0. The summed E-state index contributed by atoms with van der Waals surface area (Å²) >= 11 is 3.47. The fraction of sp³-hybridized carbons (Fsp3) is 1.00. The Labute approximate surface area is 94.5 Å². The van der Waals surface area contributed by atoms with Gasteiger partial charge in [0.25, 0.3) is 0 Å². The molecule has 0 aliphatic carbocycles. The second kappa shape index (κ2) is 4.50. The average molecular weight is 263 g/mol. The summed E-state index contributed by atoms with van der Waals surface area (Å²) in [5.74, 6) is -0.204. The minimum Gasteiger partial charge on any atom is -0.347 e. The highest BCUT2D eigenvalue weighted by Gasteiger charge is 2.43. The predicted molar refractivity (Wildman–Crippen MR) is 59.6 cm³/mol. The molecule has 0 radical (unpaired) electrons. The number of rotatable bonds is 2. The SMILES string of the molecule is C[C@@H]1CCC2(CCC[C@@H](CCBr)O2)O1. The fourth-order valence-corrected chi connectivity index (χ4v) is 3.03. The van der Waals surface area contributed by atoms with Gasteiger partial charge in [-0.15, -0.1) is 0 Å². The van der Waals surface area contributed by atoms with Crippen LogP contribution in [0, 0.1) is 0 Å². The van der Waals surface area contributed by atoms with Crippen LogP contribution in [0.5, 0.6) is 0 Å². The molecule has 82 valence electrons. The fourth-order valence-electron chi connectivity index (χ4n) is 2.52. The van der Waals surface area contributed by atoms with E-state index in [-0.39, 0.29) is 5.79 Å². The Morgan fingerprint density at radius 2 is 2.14 bits per heavy atom. The smallest absolute Gasteiger partial charge is 0.169 e. The van der Waals surface area contributed by atoms with Crippen molar-refractivity contribution in [1.82, 2.24) is 0 Å². The van der Waals surface area contributed by atoms with Gasteiger partial charge in [-0.3, -0.25) is 0 Å². The lowest BCUT2D eigenvalue weighted by atomic mass is 9.97. The summed E-state index contributed by atoms with van der Waals surface area (Å²) in [7, 11) is 0. The second-order valence-corrected chi connectivity index (χ2v) is 5.28. The largest absolute Gasteiger partial charge is 0.347 e. The third kappa shape index (κ3) is 2.31. The third-order valence-electron chi connectivity index (χ3n) is 3.24. The van der Waals surface area contributed by atoms with Gasteiger partial charge in [-0.1, -0.05) is 15.9 Å². The van der Waals surface area contributed by atoms with Gasteiger partial charge in [-0.2, -0.15) is 0 Å². The maximum atomic E-state index is 6.09. The molecule has 0 N–H and O–H groups in total. The first-order valence-corrected chi connectivity index (χ1v) is 6.78. The molecule has 0 aromatic rings. The highest BCUT2D eigenvalue weighted by Crippen LogP contribution is 2.40. The summed E-state index contributed by atoms with van der Waals surface area (Å²) in [6.07, 6.45) is 7.70. The van der Waals surface area contributed by atoms with Crippen LogP contribution in [0.2, 0.25) is 0 Å². The van der Waals surface area contributed by atoms with Crippen molar-refractivity contribution in [3.05, 3.63) is 0 Å². The maximum absolute atomic E-state index is 6.09. The molecule has 0 bridgehead atoms. The molecule has 3 atom stereocenters. The van der Waals surface area contributed by atoms with Crippen LogP contribution in [-0.4, -0.2) is 23.3 Å². The quantitative estimate of drug-likeness (QED) is 0.712. The summed E-state index contributed by atoms with van der Waals surface area (Å²) in [6, 6.07) is 0. The molecule has 2 fully saturated rings. The zero-order valence-electron chi connectivity index (χ0n) is 8.80. The Morgan fingerprint density at radius 1 is 1.29 bits per heavy atom. The molecule has 2 aliphatic rings. The van der Waals surface area contributed by atoms with Gasteiger partial charge in [0.1, 0.15) is 0 Å². The summed E-state index contributed by atoms with van der Waals surface area (Å²) in [5, 5.41) is 1.03. The number of halogens is 1. The Hall–Kier alpha value is 0.400. The second-order valence-electron chi connectivity index (χ2n) is 4.49. The van der Waals surface area contributed by atoms with Crippen LogP contribution in [0.4, 0.5) is 0 Å². The van der Waals surface area contributed by atoms with Crippen molar-refractivity contribution in [3.63, 3.8) is 0 Å². The van der Waals surface area contributed by atoms with Crippen molar-refractivity contribution in [2.75, 3.05) is 5.33 Å². The summed E-state index contributed by atoms with van der Waals surface area (Å²) in [6.45, 7) is 2.15. The Kier molecular flexibility index (Phi) is 3.50. The van der Waals surface area contributed by atoms with Crippen molar-refractivity contribution < 1.29 is 9.47 Å². The molecule has 0 aromatic heterocycles. The molecule has 2 saturated heterocycles. The normalized spacial score (nSPS) is 43.3. The van der Waals surface area contributed by atoms with E-state index in [1.807, 2.05) is 0 Å². The van der Waals surface area contributed by atoms with E-state index in [2.05, 4.69) is 22.9 Å². The summed E-state index contributed by atoms with van der Waals surface area (Å²) in [5.41, 5.74) is 0. The van der Waals surface area contributed by atoms with Crippen LogP contribution in [-0.2, 0) is 9.47 Å². The molecule has 2 aliphatic heterocycles. The summed E-state index contributed by atoms with van der Waals surface area (Å²) < 4.78 is 12.0. The van der Waals surface area contributed by atoms with E-state index in [1.54, 1.807) is 0 Å². The lowest BCUT2D eigenvalue weighted by Gasteiger charge is -2.38. The van der Waals surface area contributed by atoms with Gasteiger partial charge < -0.3 is 9.47 Å². The maximum Gasteiger partial charge on any atom is 0.169 e. The Balaban J connectivity index is 1.93. The monoisotopic (exact) mass is 262 g/mol. The van der Waals surface area contributed by atoms with E-state index < -0.39 is 0 Å². The zero-order valence-corrected chi connectivity index (χ0v) is 10.4. The molecule has 0 amide bonds. The van der Waals surface area contributed by atoms with Gasteiger partial charge in [0.2, 0.25) is 0 Å². The lowest BCUT2D eigenvalue weighted by molar-refractivity contribution is -0.268. The average Bonchev–Trinajstić information content (AvgIpc) is 2.48. The topological polar surface area (TPSA) is 18.5 Å². The minimum absolute atomic E-state index is 0.204. The molecule has 0 aromatic carbocycles. The van der Waals surface area contributed by atoms with Crippen molar-refractivity contribution in [2.45, 2.75) is 63.4 Å². The number of hydrogen-bond acceptors (Lipinski definition) is 2. The van der Waals surface area contributed by atoms with Crippen molar-refractivity contribution >= 4 is 15.9 Å². The molecular weight excluding hydrogens is 244 g/mol. The molecule has 2 nitrogen and oxygen atoms in total.